The van der Waals surface area contributed by atoms with Crippen LogP contribution in [-0.4, -0.2) is 40.6 Å². The number of alkyl halides is 2. The van der Waals surface area contributed by atoms with Crippen molar-refractivity contribution in [2.45, 2.75) is 51.1 Å². The third-order valence-corrected chi connectivity index (χ3v) is 3.98. The normalized spacial score (nSPS) is 24.9. The van der Waals surface area contributed by atoms with Crippen LogP contribution in [0.4, 0.5) is 13.6 Å². The van der Waals surface area contributed by atoms with E-state index in [1.807, 2.05) is 0 Å². The molecule has 0 radical (unpaired) electrons. The summed E-state index contributed by atoms with van der Waals surface area (Å²) in [5, 5.41) is 0. The van der Waals surface area contributed by atoms with E-state index in [1.54, 1.807) is 32.9 Å². The van der Waals surface area contributed by atoms with Gasteiger partial charge in [0, 0.05) is 31.9 Å². The first-order chi connectivity index (χ1) is 10.1. The summed E-state index contributed by atoms with van der Waals surface area (Å²) in [7, 11) is 0. The maximum atomic E-state index is 14.5. The Morgan fingerprint density at radius 2 is 1.91 bits per heavy atom. The quantitative estimate of drug-likeness (QED) is 0.795. The Hall–Kier alpha value is -1.72. The lowest BCUT2D eigenvalue weighted by Crippen LogP contribution is -2.58. The third kappa shape index (κ3) is 3.20. The Bertz CT molecular complexity index is 543. The van der Waals surface area contributed by atoms with Crippen LogP contribution in [0.25, 0.3) is 0 Å². The van der Waals surface area contributed by atoms with Gasteiger partial charge in [0.15, 0.2) is 0 Å². The van der Waals surface area contributed by atoms with Crippen LogP contribution in [0.15, 0.2) is 24.5 Å². The van der Waals surface area contributed by atoms with E-state index in [0.29, 0.717) is 5.56 Å². The second-order valence-corrected chi connectivity index (χ2v) is 6.92. The highest BCUT2D eigenvalue weighted by Crippen LogP contribution is 2.45. The van der Waals surface area contributed by atoms with Crippen molar-refractivity contribution in [3.05, 3.63) is 30.1 Å². The maximum Gasteiger partial charge on any atom is 0.410 e. The van der Waals surface area contributed by atoms with Crippen LogP contribution < -0.4 is 0 Å². The number of amides is 1. The Morgan fingerprint density at radius 3 is 2.45 bits per heavy atom. The second-order valence-electron chi connectivity index (χ2n) is 6.92. The Morgan fingerprint density at radius 1 is 1.32 bits per heavy atom. The van der Waals surface area contributed by atoms with Crippen LogP contribution in [0.2, 0.25) is 0 Å². The Kier molecular flexibility index (Phi) is 4.15. The summed E-state index contributed by atoms with van der Waals surface area (Å²) >= 11 is 0. The van der Waals surface area contributed by atoms with Crippen LogP contribution >= 0.6 is 0 Å². The van der Waals surface area contributed by atoms with E-state index >= 15 is 0 Å². The van der Waals surface area contributed by atoms with E-state index in [0.717, 1.165) is 0 Å². The number of rotatable bonds is 1. The summed E-state index contributed by atoms with van der Waals surface area (Å²) < 4.78 is 34.3. The molecule has 1 aromatic rings. The van der Waals surface area contributed by atoms with Crippen LogP contribution in [0.3, 0.4) is 0 Å². The monoisotopic (exact) mass is 312 g/mol. The molecular weight excluding hydrogens is 290 g/mol. The predicted octanol–water partition coefficient (Wildman–Crippen LogP) is 3.62. The van der Waals surface area contributed by atoms with E-state index in [9.17, 15) is 13.6 Å². The fraction of sp³-hybridized carbons (Fsp3) is 0.625. The highest BCUT2D eigenvalue weighted by atomic mass is 19.3. The molecule has 122 valence electrons. The molecule has 1 atom stereocenters. The van der Waals surface area contributed by atoms with E-state index in [4.69, 9.17) is 4.74 Å². The molecule has 4 nitrogen and oxygen atoms in total. The molecule has 2 heterocycles. The van der Waals surface area contributed by atoms with E-state index < -0.39 is 23.0 Å². The minimum absolute atomic E-state index is 0.0113. The number of piperidine rings is 1. The second kappa shape index (κ2) is 5.48. The molecule has 1 aliphatic heterocycles. The molecule has 0 saturated carbocycles. The highest BCUT2D eigenvalue weighted by Gasteiger charge is 2.55. The summed E-state index contributed by atoms with van der Waals surface area (Å²) in [6.45, 7) is 6.66. The van der Waals surface area contributed by atoms with Crippen molar-refractivity contribution in [2.24, 2.45) is 0 Å². The van der Waals surface area contributed by atoms with E-state index in [-0.39, 0.29) is 19.5 Å². The van der Waals surface area contributed by atoms with Gasteiger partial charge in [-0.25, -0.2) is 13.6 Å². The average Bonchev–Trinajstić information content (AvgIpc) is 2.41. The van der Waals surface area contributed by atoms with E-state index in [2.05, 4.69) is 4.98 Å². The number of ether oxygens (including phenoxy) is 1. The van der Waals surface area contributed by atoms with Crippen molar-refractivity contribution in [3.63, 3.8) is 0 Å². The molecule has 0 spiro atoms. The lowest BCUT2D eigenvalue weighted by Gasteiger charge is -2.46. The average molecular weight is 312 g/mol. The number of pyridine rings is 1. The zero-order valence-electron chi connectivity index (χ0n) is 13.4. The number of hydrogen-bond acceptors (Lipinski definition) is 3. The summed E-state index contributed by atoms with van der Waals surface area (Å²) in [5.41, 5.74) is -1.63. The molecule has 0 aromatic carbocycles. The molecule has 0 N–H and O–H groups in total. The number of aromatic nitrogens is 1. The van der Waals surface area contributed by atoms with Gasteiger partial charge >= 0.3 is 6.09 Å². The molecule has 22 heavy (non-hydrogen) atoms. The number of carbonyl (C=O) groups excluding carboxylic acids is 1. The van der Waals surface area contributed by atoms with Crippen molar-refractivity contribution < 1.29 is 18.3 Å². The molecule has 1 aliphatic rings. The van der Waals surface area contributed by atoms with Crippen LogP contribution in [-0.2, 0) is 10.2 Å². The number of nitrogens with zero attached hydrogens (tertiary/aromatic N) is 2. The molecule has 0 aliphatic carbocycles. The number of likely N-dealkylation sites (tertiary alicyclic amines) is 1. The fourth-order valence-electron chi connectivity index (χ4n) is 2.63. The maximum absolute atomic E-state index is 14.5. The first kappa shape index (κ1) is 16.6. The SMILES string of the molecule is CC(C)(C)OC(=O)N1CCC(F)(F)C(C)(c2ccncc2)C1. The van der Waals surface area contributed by atoms with Crippen LogP contribution in [0, 0.1) is 0 Å². The van der Waals surface area contributed by atoms with Crippen molar-refractivity contribution in [2.75, 3.05) is 13.1 Å². The highest BCUT2D eigenvalue weighted by molar-refractivity contribution is 5.68. The van der Waals surface area contributed by atoms with Crippen molar-refractivity contribution in [3.8, 4) is 0 Å². The molecule has 1 saturated heterocycles. The molecular formula is C16H22F2N2O2. The summed E-state index contributed by atoms with van der Waals surface area (Å²) in [4.78, 5) is 17.4. The van der Waals surface area contributed by atoms with Gasteiger partial charge in [0.1, 0.15) is 5.60 Å². The lowest BCUT2D eigenvalue weighted by molar-refractivity contribution is -0.118. The van der Waals surface area contributed by atoms with Crippen molar-refractivity contribution in [1.29, 1.82) is 0 Å². The first-order valence-corrected chi connectivity index (χ1v) is 7.31. The van der Waals surface area contributed by atoms with Gasteiger partial charge < -0.3 is 9.64 Å². The van der Waals surface area contributed by atoms with Gasteiger partial charge in [-0.1, -0.05) is 0 Å². The summed E-state index contributed by atoms with van der Waals surface area (Å²) in [5.74, 6) is -2.90. The van der Waals surface area contributed by atoms with Gasteiger partial charge in [0.25, 0.3) is 5.92 Å². The van der Waals surface area contributed by atoms with Crippen molar-refractivity contribution >= 4 is 6.09 Å². The smallest absolute Gasteiger partial charge is 0.410 e. The molecule has 0 bridgehead atoms. The number of carbonyl (C=O) groups is 1. The standard InChI is InChI=1S/C16H22F2N2O2/c1-14(2,3)22-13(21)20-10-7-16(17,18)15(4,11-20)12-5-8-19-9-6-12/h5-6,8-9H,7,10-11H2,1-4H3. The topological polar surface area (TPSA) is 42.4 Å². The van der Waals surface area contributed by atoms with Gasteiger partial charge in [-0.05, 0) is 45.4 Å². The van der Waals surface area contributed by atoms with Gasteiger partial charge in [-0.3, -0.25) is 4.98 Å². The molecule has 1 aromatic heterocycles. The number of hydrogen-bond donors (Lipinski definition) is 0. The fourth-order valence-corrected chi connectivity index (χ4v) is 2.63. The van der Waals surface area contributed by atoms with Gasteiger partial charge in [0.05, 0.1) is 5.41 Å². The zero-order chi connectivity index (χ0) is 16.6. The van der Waals surface area contributed by atoms with Gasteiger partial charge in [0.2, 0.25) is 0 Å². The first-order valence-electron chi connectivity index (χ1n) is 7.31. The summed E-state index contributed by atoms with van der Waals surface area (Å²) in [6, 6.07) is 3.15. The van der Waals surface area contributed by atoms with Crippen LogP contribution in [0.5, 0.6) is 0 Å². The van der Waals surface area contributed by atoms with E-state index in [1.165, 1.54) is 24.2 Å². The minimum atomic E-state index is -2.90. The Balaban J connectivity index is 2.26. The van der Waals surface area contributed by atoms with Crippen LogP contribution in [0.1, 0.15) is 39.7 Å². The molecule has 1 fully saturated rings. The number of halogens is 2. The Labute approximate surface area is 129 Å². The largest absolute Gasteiger partial charge is 0.444 e. The third-order valence-electron chi connectivity index (χ3n) is 3.98. The minimum Gasteiger partial charge on any atom is -0.444 e. The molecule has 1 amide bonds. The van der Waals surface area contributed by atoms with Crippen molar-refractivity contribution in [1.82, 2.24) is 9.88 Å². The lowest BCUT2D eigenvalue weighted by atomic mass is 9.73. The van der Waals surface area contributed by atoms with Gasteiger partial charge in [-0.15, -0.1) is 0 Å². The molecule has 6 heteroatoms. The summed E-state index contributed by atoms with van der Waals surface area (Å²) in [6.07, 6.45) is 2.04. The predicted molar refractivity (Wildman–Crippen MR) is 79.0 cm³/mol. The molecule has 1 unspecified atom stereocenters. The zero-order valence-corrected chi connectivity index (χ0v) is 13.4. The molecule has 2 rings (SSSR count). The van der Waals surface area contributed by atoms with Gasteiger partial charge in [-0.2, -0.15) is 0 Å².